The monoisotopic (exact) mass is 278 g/mol. The van der Waals surface area contributed by atoms with E-state index in [-0.39, 0.29) is 0 Å². The molecule has 1 fully saturated rings. The molecule has 6 heteroatoms. The van der Waals surface area contributed by atoms with Crippen LogP contribution >= 0.6 is 0 Å². The number of rotatable bonds is 5. The lowest BCUT2D eigenvalue weighted by Gasteiger charge is -2.33. The van der Waals surface area contributed by atoms with Gasteiger partial charge in [-0.1, -0.05) is 20.3 Å². The van der Waals surface area contributed by atoms with Crippen LogP contribution in [0.4, 0.5) is 11.6 Å². The molecule has 0 aliphatic carbocycles. The highest BCUT2D eigenvalue weighted by molar-refractivity contribution is 5.58. The van der Waals surface area contributed by atoms with Gasteiger partial charge >= 0.3 is 0 Å². The van der Waals surface area contributed by atoms with E-state index in [4.69, 9.17) is 5.84 Å². The average molecular weight is 278 g/mol. The second-order valence-electron chi connectivity index (χ2n) is 5.79. The zero-order valence-corrected chi connectivity index (χ0v) is 12.7. The molecule has 1 aromatic rings. The van der Waals surface area contributed by atoms with Crippen LogP contribution in [0, 0.1) is 0 Å². The number of hydrazine groups is 1. The number of nitrogens with zero attached hydrogens (tertiary/aromatic N) is 3. The molecule has 0 spiro atoms. The van der Waals surface area contributed by atoms with Crippen LogP contribution in [0.3, 0.4) is 0 Å². The minimum absolute atomic E-state index is 0.314. The molecule has 1 saturated heterocycles. The van der Waals surface area contributed by atoms with E-state index < -0.39 is 0 Å². The quantitative estimate of drug-likeness (QED) is 0.563. The van der Waals surface area contributed by atoms with E-state index in [0.29, 0.717) is 17.8 Å². The van der Waals surface area contributed by atoms with Gasteiger partial charge in [0.1, 0.15) is 18.0 Å². The summed E-state index contributed by atoms with van der Waals surface area (Å²) in [6.45, 7) is 6.34. The molecule has 0 bridgehead atoms. The molecule has 0 amide bonds. The number of hydrogen-bond acceptors (Lipinski definition) is 6. The molecule has 1 aliphatic heterocycles. The third kappa shape index (κ3) is 3.37. The Balaban J connectivity index is 2.08. The molecule has 20 heavy (non-hydrogen) atoms. The molecule has 0 radical (unpaired) electrons. The summed E-state index contributed by atoms with van der Waals surface area (Å²) in [7, 11) is 2.20. The number of nitrogens with two attached hydrogens (primary N) is 1. The van der Waals surface area contributed by atoms with Crippen LogP contribution in [-0.4, -0.2) is 41.0 Å². The summed E-state index contributed by atoms with van der Waals surface area (Å²) in [5, 5.41) is 3.48. The summed E-state index contributed by atoms with van der Waals surface area (Å²) in [4.78, 5) is 11.0. The lowest BCUT2D eigenvalue weighted by molar-refractivity contribution is 0.194. The normalized spacial score (nSPS) is 20.1. The summed E-state index contributed by atoms with van der Waals surface area (Å²) in [5.41, 5.74) is 3.71. The van der Waals surface area contributed by atoms with Crippen LogP contribution in [-0.2, 0) is 0 Å². The zero-order chi connectivity index (χ0) is 14.5. The van der Waals surface area contributed by atoms with Crippen molar-refractivity contribution >= 4 is 11.6 Å². The van der Waals surface area contributed by atoms with Crippen LogP contribution in [0.25, 0.3) is 0 Å². The van der Waals surface area contributed by atoms with Gasteiger partial charge < -0.3 is 15.6 Å². The lowest BCUT2D eigenvalue weighted by atomic mass is 10.0. The van der Waals surface area contributed by atoms with Crippen molar-refractivity contribution in [1.82, 2.24) is 14.9 Å². The molecular formula is C14H26N6. The first-order valence-electron chi connectivity index (χ1n) is 7.39. The lowest BCUT2D eigenvalue weighted by Crippen LogP contribution is -2.41. The number of anilines is 2. The van der Waals surface area contributed by atoms with Crippen molar-refractivity contribution in [3.8, 4) is 0 Å². The maximum atomic E-state index is 5.54. The molecule has 1 atom stereocenters. The van der Waals surface area contributed by atoms with E-state index in [2.05, 4.69) is 46.5 Å². The third-order valence-corrected chi connectivity index (χ3v) is 4.02. The van der Waals surface area contributed by atoms with E-state index in [0.717, 1.165) is 17.9 Å². The van der Waals surface area contributed by atoms with Crippen LogP contribution in [0.15, 0.2) is 6.33 Å². The standard InChI is InChI=1S/C14H26N6/c1-10(2)12-13(17-9-18-14(12)19-15)16-8-11-6-4-5-7-20(11)3/h9-11H,4-8,15H2,1-3H3,(H2,16,17,18,19). The fraction of sp³-hybridized carbons (Fsp3) is 0.714. The molecule has 2 rings (SSSR count). The largest absolute Gasteiger partial charge is 0.368 e. The first-order chi connectivity index (χ1) is 9.63. The molecule has 0 aromatic carbocycles. The zero-order valence-electron chi connectivity index (χ0n) is 12.7. The van der Waals surface area contributed by atoms with Gasteiger partial charge in [0.2, 0.25) is 0 Å². The number of aromatic nitrogens is 2. The Morgan fingerprint density at radius 3 is 2.75 bits per heavy atom. The van der Waals surface area contributed by atoms with Crippen molar-refractivity contribution in [3.63, 3.8) is 0 Å². The van der Waals surface area contributed by atoms with Crippen molar-refractivity contribution in [2.24, 2.45) is 5.84 Å². The third-order valence-electron chi connectivity index (χ3n) is 4.02. The highest BCUT2D eigenvalue weighted by Crippen LogP contribution is 2.28. The summed E-state index contributed by atoms with van der Waals surface area (Å²) >= 11 is 0. The van der Waals surface area contributed by atoms with Crippen LogP contribution in [0.5, 0.6) is 0 Å². The number of hydrogen-bond donors (Lipinski definition) is 3. The Morgan fingerprint density at radius 2 is 2.10 bits per heavy atom. The minimum atomic E-state index is 0.314. The second-order valence-corrected chi connectivity index (χ2v) is 5.79. The van der Waals surface area contributed by atoms with Crippen LogP contribution < -0.4 is 16.6 Å². The Labute approximate surface area is 121 Å². The summed E-state index contributed by atoms with van der Waals surface area (Å²) in [5.74, 6) is 7.45. The number of piperidine rings is 1. The Bertz CT molecular complexity index is 434. The van der Waals surface area contributed by atoms with Crippen molar-refractivity contribution in [2.75, 3.05) is 30.9 Å². The van der Waals surface area contributed by atoms with Gasteiger partial charge in [0, 0.05) is 18.2 Å². The molecule has 112 valence electrons. The van der Waals surface area contributed by atoms with Gasteiger partial charge in [-0.05, 0) is 32.4 Å². The fourth-order valence-electron chi connectivity index (χ4n) is 2.81. The maximum absolute atomic E-state index is 5.54. The van der Waals surface area contributed by atoms with E-state index in [1.165, 1.54) is 25.8 Å². The van der Waals surface area contributed by atoms with Gasteiger partial charge in [-0.25, -0.2) is 15.8 Å². The van der Waals surface area contributed by atoms with E-state index in [1.807, 2.05) is 0 Å². The van der Waals surface area contributed by atoms with Crippen molar-refractivity contribution in [1.29, 1.82) is 0 Å². The molecular weight excluding hydrogens is 252 g/mol. The fourth-order valence-corrected chi connectivity index (χ4v) is 2.81. The molecule has 1 unspecified atom stereocenters. The Morgan fingerprint density at radius 1 is 1.35 bits per heavy atom. The first-order valence-corrected chi connectivity index (χ1v) is 7.39. The smallest absolute Gasteiger partial charge is 0.148 e. The number of likely N-dealkylation sites (N-methyl/N-ethyl adjacent to an activating group) is 1. The second kappa shape index (κ2) is 6.85. The minimum Gasteiger partial charge on any atom is -0.368 e. The van der Waals surface area contributed by atoms with Gasteiger partial charge in [-0.15, -0.1) is 0 Å². The number of likely N-dealkylation sites (tertiary alicyclic amines) is 1. The molecule has 2 heterocycles. The molecule has 0 saturated carbocycles. The van der Waals surface area contributed by atoms with Gasteiger partial charge in [-0.2, -0.15) is 0 Å². The molecule has 4 N–H and O–H groups in total. The van der Waals surface area contributed by atoms with E-state index >= 15 is 0 Å². The summed E-state index contributed by atoms with van der Waals surface area (Å²) in [6, 6.07) is 0.577. The summed E-state index contributed by atoms with van der Waals surface area (Å²) < 4.78 is 0. The average Bonchev–Trinajstić information content (AvgIpc) is 2.45. The van der Waals surface area contributed by atoms with Gasteiger partial charge in [0.15, 0.2) is 0 Å². The van der Waals surface area contributed by atoms with Crippen LogP contribution in [0.1, 0.15) is 44.6 Å². The Kier molecular flexibility index (Phi) is 5.14. The Hall–Kier alpha value is -1.40. The predicted octanol–water partition coefficient (Wildman–Crippen LogP) is 1.78. The number of nitrogen functional groups attached to an aromatic ring is 1. The molecule has 6 nitrogen and oxygen atoms in total. The topological polar surface area (TPSA) is 79.1 Å². The van der Waals surface area contributed by atoms with Crippen molar-refractivity contribution in [3.05, 3.63) is 11.9 Å². The SMILES string of the molecule is CC(C)c1c(NN)ncnc1NCC1CCCCN1C. The highest BCUT2D eigenvalue weighted by atomic mass is 15.3. The van der Waals surface area contributed by atoms with E-state index in [1.54, 1.807) is 6.33 Å². The molecule has 1 aliphatic rings. The van der Waals surface area contributed by atoms with Gasteiger partial charge in [0.05, 0.1) is 0 Å². The maximum Gasteiger partial charge on any atom is 0.148 e. The van der Waals surface area contributed by atoms with Crippen LogP contribution in [0.2, 0.25) is 0 Å². The van der Waals surface area contributed by atoms with Gasteiger partial charge in [0.25, 0.3) is 0 Å². The van der Waals surface area contributed by atoms with Gasteiger partial charge in [-0.3, -0.25) is 0 Å². The summed E-state index contributed by atoms with van der Waals surface area (Å²) in [6.07, 6.45) is 5.41. The number of nitrogens with one attached hydrogen (secondary N) is 2. The predicted molar refractivity (Wildman–Crippen MR) is 82.7 cm³/mol. The first kappa shape index (κ1) is 15.0. The van der Waals surface area contributed by atoms with Crippen molar-refractivity contribution < 1.29 is 0 Å². The van der Waals surface area contributed by atoms with E-state index in [9.17, 15) is 0 Å². The molecule has 1 aromatic heterocycles. The highest BCUT2D eigenvalue weighted by Gasteiger charge is 2.20. The van der Waals surface area contributed by atoms with Crippen molar-refractivity contribution in [2.45, 2.75) is 45.1 Å².